The van der Waals surface area contributed by atoms with Gasteiger partial charge in [0.05, 0.1) is 5.52 Å². The van der Waals surface area contributed by atoms with E-state index in [4.69, 9.17) is 5.73 Å². The summed E-state index contributed by atoms with van der Waals surface area (Å²) >= 11 is 0. The maximum atomic E-state index is 13.5. The largest absolute Gasteiger partial charge is 0.326 e. The fourth-order valence-electron chi connectivity index (χ4n) is 1.61. The van der Waals surface area contributed by atoms with E-state index in [1.54, 1.807) is 13.0 Å². The first-order chi connectivity index (χ1) is 7.11. The highest BCUT2D eigenvalue weighted by molar-refractivity contribution is 5.80. The Morgan fingerprint density at radius 1 is 1.40 bits per heavy atom. The van der Waals surface area contributed by atoms with Gasteiger partial charge in [0.25, 0.3) is 5.56 Å². The lowest BCUT2D eigenvalue weighted by Crippen LogP contribution is -2.16. The van der Waals surface area contributed by atoms with E-state index in [1.165, 1.54) is 6.07 Å². The third kappa shape index (κ3) is 1.64. The van der Waals surface area contributed by atoms with Crippen molar-refractivity contribution in [2.45, 2.75) is 13.5 Å². The number of aromatic amines is 1. The second kappa shape index (κ2) is 3.47. The number of fused-ring (bicyclic) bond motifs is 1. The number of rotatable bonds is 1. The van der Waals surface area contributed by atoms with E-state index in [1.807, 2.05) is 6.07 Å². The van der Waals surface area contributed by atoms with Gasteiger partial charge in [0.1, 0.15) is 5.82 Å². The molecule has 0 aliphatic rings. The molecule has 0 aliphatic heterocycles. The number of nitrogens with two attached hydrogens (primary N) is 1. The van der Waals surface area contributed by atoms with Crippen molar-refractivity contribution in [3.05, 3.63) is 45.5 Å². The van der Waals surface area contributed by atoms with E-state index in [0.717, 1.165) is 5.56 Å². The van der Waals surface area contributed by atoms with Gasteiger partial charge in [-0.2, -0.15) is 0 Å². The quantitative estimate of drug-likeness (QED) is 0.741. The van der Waals surface area contributed by atoms with Crippen LogP contribution in [-0.2, 0) is 6.54 Å². The zero-order chi connectivity index (χ0) is 11.0. The Bertz CT molecular complexity index is 575. The summed E-state index contributed by atoms with van der Waals surface area (Å²) in [5.74, 6) is -0.411. The smallest absolute Gasteiger partial charge is 0.253 e. The molecular formula is C11H11FN2O. The van der Waals surface area contributed by atoms with E-state index < -0.39 is 5.82 Å². The average Bonchev–Trinajstić information content (AvgIpc) is 2.18. The minimum Gasteiger partial charge on any atom is -0.326 e. The summed E-state index contributed by atoms with van der Waals surface area (Å²) in [5.41, 5.74) is 6.60. The molecule has 0 radical (unpaired) electrons. The van der Waals surface area contributed by atoms with Crippen molar-refractivity contribution >= 4 is 10.9 Å². The van der Waals surface area contributed by atoms with Crippen LogP contribution in [0.1, 0.15) is 11.1 Å². The van der Waals surface area contributed by atoms with Crippen molar-refractivity contribution in [1.82, 2.24) is 4.98 Å². The van der Waals surface area contributed by atoms with Crippen LogP contribution >= 0.6 is 0 Å². The van der Waals surface area contributed by atoms with Crippen molar-refractivity contribution < 1.29 is 4.39 Å². The van der Waals surface area contributed by atoms with Crippen molar-refractivity contribution in [3.63, 3.8) is 0 Å². The van der Waals surface area contributed by atoms with Gasteiger partial charge in [-0.15, -0.1) is 0 Å². The lowest BCUT2D eigenvalue weighted by atomic mass is 10.1. The van der Waals surface area contributed by atoms with Gasteiger partial charge in [-0.1, -0.05) is 0 Å². The molecule has 0 saturated heterocycles. The van der Waals surface area contributed by atoms with Gasteiger partial charge in [-0.3, -0.25) is 4.79 Å². The molecule has 4 heteroatoms. The van der Waals surface area contributed by atoms with Gasteiger partial charge in [-0.25, -0.2) is 4.39 Å². The van der Waals surface area contributed by atoms with Crippen LogP contribution in [0.4, 0.5) is 4.39 Å². The predicted octanol–water partition coefficient (Wildman–Crippen LogP) is 1.43. The molecule has 2 rings (SSSR count). The van der Waals surface area contributed by atoms with Gasteiger partial charge in [0, 0.05) is 17.5 Å². The molecule has 0 fully saturated rings. The first kappa shape index (κ1) is 9.86. The van der Waals surface area contributed by atoms with Crippen molar-refractivity contribution in [1.29, 1.82) is 0 Å². The SMILES string of the molecule is Cc1cc(F)c2[nH]c(=O)c(CN)cc2c1. The van der Waals surface area contributed by atoms with Crippen LogP contribution in [-0.4, -0.2) is 4.98 Å². The highest BCUT2D eigenvalue weighted by atomic mass is 19.1. The molecule has 0 saturated carbocycles. The first-order valence-electron chi connectivity index (χ1n) is 4.64. The topological polar surface area (TPSA) is 58.9 Å². The van der Waals surface area contributed by atoms with Gasteiger partial charge < -0.3 is 10.7 Å². The predicted molar refractivity (Wildman–Crippen MR) is 57.2 cm³/mol. The normalized spacial score (nSPS) is 10.9. The van der Waals surface area contributed by atoms with Crippen LogP contribution in [0.15, 0.2) is 23.0 Å². The average molecular weight is 206 g/mol. The summed E-state index contributed by atoms with van der Waals surface area (Å²) < 4.78 is 13.5. The second-order valence-electron chi connectivity index (χ2n) is 3.54. The van der Waals surface area contributed by atoms with Crippen LogP contribution in [0.5, 0.6) is 0 Å². The van der Waals surface area contributed by atoms with Crippen LogP contribution in [0.25, 0.3) is 10.9 Å². The van der Waals surface area contributed by atoms with Gasteiger partial charge in [0.2, 0.25) is 0 Å². The number of hydrogen-bond acceptors (Lipinski definition) is 2. The molecule has 0 atom stereocenters. The minimum atomic E-state index is -0.411. The molecule has 3 N–H and O–H groups in total. The van der Waals surface area contributed by atoms with Crippen molar-refractivity contribution in [2.24, 2.45) is 5.73 Å². The second-order valence-corrected chi connectivity index (χ2v) is 3.54. The minimum absolute atomic E-state index is 0.154. The number of aromatic nitrogens is 1. The Balaban J connectivity index is 2.87. The third-order valence-corrected chi connectivity index (χ3v) is 2.34. The third-order valence-electron chi connectivity index (χ3n) is 2.34. The highest BCUT2D eigenvalue weighted by Gasteiger charge is 2.05. The molecule has 1 aromatic carbocycles. The first-order valence-corrected chi connectivity index (χ1v) is 4.64. The standard InChI is InChI=1S/C11H11FN2O/c1-6-2-7-4-8(5-13)11(15)14-10(7)9(12)3-6/h2-4H,5,13H2,1H3,(H,14,15). The number of hydrogen-bond donors (Lipinski definition) is 2. The van der Waals surface area contributed by atoms with Crippen LogP contribution in [0.2, 0.25) is 0 Å². The monoisotopic (exact) mass is 206 g/mol. The fourth-order valence-corrected chi connectivity index (χ4v) is 1.61. The van der Waals surface area contributed by atoms with Gasteiger partial charge in [-0.05, 0) is 30.7 Å². The van der Waals surface area contributed by atoms with E-state index in [0.29, 0.717) is 10.9 Å². The van der Waals surface area contributed by atoms with Crippen LogP contribution in [0.3, 0.4) is 0 Å². The number of nitrogens with one attached hydrogen (secondary N) is 1. The summed E-state index contributed by atoms with van der Waals surface area (Å²) in [4.78, 5) is 13.9. The molecule has 15 heavy (non-hydrogen) atoms. The molecule has 0 spiro atoms. The molecule has 1 aromatic heterocycles. The molecule has 0 bridgehead atoms. The van der Waals surface area contributed by atoms with Crippen LogP contribution in [0, 0.1) is 12.7 Å². The zero-order valence-corrected chi connectivity index (χ0v) is 8.30. The molecular weight excluding hydrogens is 195 g/mol. The van der Waals surface area contributed by atoms with Crippen LogP contribution < -0.4 is 11.3 Å². The number of H-pyrrole nitrogens is 1. The number of pyridine rings is 1. The Hall–Kier alpha value is -1.68. The Morgan fingerprint density at radius 2 is 2.13 bits per heavy atom. The van der Waals surface area contributed by atoms with Crippen molar-refractivity contribution in [2.75, 3.05) is 0 Å². The summed E-state index contributed by atoms with van der Waals surface area (Å²) in [6.45, 7) is 1.95. The Morgan fingerprint density at radius 3 is 2.80 bits per heavy atom. The van der Waals surface area contributed by atoms with E-state index in [2.05, 4.69) is 4.98 Å². The Labute approximate surface area is 85.7 Å². The molecule has 0 amide bonds. The molecule has 1 heterocycles. The highest BCUT2D eigenvalue weighted by Crippen LogP contribution is 2.17. The fraction of sp³-hybridized carbons (Fsp3) is 0.182. The van der Waals surface area contributed by atoms with Gasteiger partial charge >= 0.3 is 0 Å². The Kier molecular flexibility index (Phi) is 2.28. The maximum absolute atomic E-state index is 13.5. The summed E-state index contributed by atoms with van der Waals surface area (Å²) in [6, 6.07) is 4.83. The molecule has 0 unspecified atom stereocenters. The molecule has 3 nitrogen and oxygen atoms in total. The number of aryl methyl sites for hydroxylation is 1. The molecule has 0 aliphatic carbocycles. The van der Waals surface area contributed by atoms with Crippen molar-refractivity contribution in [3.8, 4) is 0 Å². The molecule has 78 valence electrons. The number of halogens is 1. The van der Waals surface area contributed by atoms with E-state index in [9.17, 15) is 9.18 Å². The van der Waals surface area contributed by atoms with E-state index >= 15 is 0 Å². The lowest BCUT2D eigenvalue weighted by Gasteiger charge is -2.03. The summed E-state index contributed by atoms with van der Waals surface area (Å²) in [7, 11) is 0. The summed E-state index contributed by atoms with van der Waals surface area (Å²) in [6.07, 6.45) is 0. The zero-order valence-electron chi connectivity index (χ0n) is 8.30. The maximum Gasteiger partial charge on any atom is 0.253 e. The molecule has 2 aromatic rings. The lowest BCUT2D eigenvalue weighted by molar-refractivity contribution is 0.635. The number of benzene rings is 1. The van der Waals surface area contributed by atoms with Gasteiger partial charge in [0.15, 0.2) is 0 Å². The summed E-state index contributed by atoms with van der Waals surface area (Å²) in [5, 5.41) is 0.674. The van der Waals surface area contributed by atoms with E-state index in [-0.39, 0.29) is 17.6 Å².